The van der Waals surface area contributed by atoms with Crippen molar-refractivity contribution >= 4 is 29.0 Å². The third-order valence-electron chi connectivity index (χ3n) is 5.54. The minimum atomic E-state index is -0.450. The Morgan fingerprint density at radius 1 is 1.00 bits per heavy atom. The van der Waals surface area contributed by atoms with Crippen LogP contribution in [0.4, 0.5) is 23.1 Å². The predicted molar refractivity (Wildman–Crippen MR) is 143 cm³/mol. The quantitative estimate of drug-likeness (QED) is 0.271. The van der Waals surface area contributed by atoms with Gasteiger partial charge in [0.05, 0.1) is 30.2 Å². The Morgan fingerprint density at radius 2 is 1.87 bits per heavy atom. The molecule has 0 radical (unpaired) electrons. The number of nitrogens with zero attached hydrogens (tertiary/aromatic N) is 8. The number of amides is 1. The lowest BCUT2D eigenvalue weighted by Gasteiger charge is -2.15. The van der Waals surface area contributed by atoms with E-state index in [1.54, 1.807) is 73.0 Å². The first-order valence-electron chi connectivity index (χ1n) is 11.6. The molecule has 0 saturated heterocycles. The summed E-state index contributed by atoms with van der Waals surface area (Å²) in [6.07, 6.45) is 6.37. The molecule has 39 heavy (non-hydrogen) atoms. The molecule has 0 saturated carbocycles. The molecule has 0 bridgehead atoms. The molecule has 0 aliphatic rings. The van der Waals surface area contributed by atoms with E-state index in [-0.39, 0.29) is 11.3 Å². The van der Waals surface area contributed by atoms with E-state index in [9.17, 15) is 9.59 Å². The van der Waals surface area contributed by atoms with Gasteiger partial charge >= 0.3 is 0 Å². The van der Waals surface area contributed by atoms with Crippen molar-refractivity contribution in [3.05, 3.63) is 83.4 Å². The third kappa shape index (κ3) is 5.24. The van der Waals surface area contributed by atoms with E-state index in [2.05, 4.69) is 46.2 Å². The van der Waals surface area contributed by atoms with Crippen molar-refractivity contribution in [2.24, 2.45) is 7.05 Å². The van der Waals surface area contributed by atoms with Gasteiger partial charge in [-0.15, -0.1) is 10.2 Å². The van der Waals surface area contributed by atoms with Crippen LogP contribution in [0.2, 0.25) is 0 Å². The summed E-state index contributed by atoms with van der Waals surface area (Å²) >= 11 is 0. The number of carbonyl (C=O) groups is 1. The first kappa shape index (κ1) is 25.0. The molecule has 0 unspecified atom stereocenters. The lowest BCUT2D eigenvalue weighted by molar-refractivity contribution is 0.0958. The van der Waals surface area contributed by atoms with Crippen LogP contribution in [0.15, 0.2) is 72.2 Å². The maximum atomic E-state index is 12.6. The second-order valence-electron chi connectivity index (χ2n) is 8.11. The van der Waals surface area contributed by atoms with Gasteiger partial charge < -0.3 is 20.7 Å². The van der Waals surface area contributed by atoms with Gasteiger partial charge in [0, 0.05) is 38.6 Å². The highest BCUT2D eigenvalue weighted by atomic mass is 16.5. The summed E-state index contributed by atoms with van der Waals surface area (Å²) in [5.41, 5.74) is 1.41. The highest BCUT2D eigenvalue weighted by Crippen LogP contribution is 2.35. The van der Waals surface area contributed by atoms with E-state index in [1.807, 2.05) is 0 Å². The number of methoxy groups -OCH3 is 1. The monoisotopic (exact) mass is 525 g/mol. The summed E-state index contributed by atoms with van der Waals surface area (Å²) in [4.78, 5) is 37.7. The summed E-state index contributed by atoms with van der Waals surface area (Å²) < 4.78 is 8.68. The van der Waals surface area contributed by atoms with Crippen LogP contribution in [0.25, 0.3) is 17.1 Å². The van der Waals surface area contributed by atoms with Crippen LogP contribution >= 0.6 is 0 Å². The molecule has 0 spiro atoms. The van der Waals surface area contributed by atoms with Crippen LogP contribution in [-0.2, 0) is 7.05 Å². The topological polar surface area (TPSA) is 167 Å². The Hall–Kier alpha value is -5.66. The minimum Gasteiger partial charge on any atom is -0.492 e. The summed E-state index contributed by atoms with van der Waals surface area (Å²) in [6, 6.07) is 11.7. The van der Waals surface area contributed by atoms with E-state index in [4.69, 9.17) is 4.74 Å². The number of aromatic nitrogens is 8. The second kappa shape index (κ2) is 10.8. The molecule has 0 aliphatic carbocycles. The van der Waals surface area contributed by atoms with E-state index >= 15 is 0 Å². The average Bonchev–Trinajstić information content (AvgIpc) is 3.39. The first-order valence-corrected chi connectivity index (χ1v) is 11.6. The molecule has 1 amide bonds. The Kier molecular flexibility index (Phi) is 6.90. The van der Waals surface area contributed by atoms with Crippen molar-refractivity contribution in [3.8, 4) is 22.8 Å². The zero-order valence-electron chi connectivity index (χ0n) is 21.2. The molecule has 14 heteroatoms. The number of pyridine rings is 3. The van der Waals surface area contributed by atoms with Crippen molar-refractivity contribution in [1.29, 1.82) is 0 Å². The number of nitrogens with one attached hydrogen (secondary N) is 3. The highest BCUT2D eigenvalue weighted by Gasteiger charge is 2.20. The second-order valence-corrected chi connectivity index (χ2v) is 8.11. The van der Waals surface area contributed by atoms with Crippen LogP contribution in [0.3, 0.4) is 0 Å². The highest BCUT2D eigenvalue weighted by molar-refractivity contribution is 5.98. The van der Waals surface area contributed by atoms with Crippen LogP contribution in [0.1, 0.15) is 10.5 Å². The zero-order valence-corrected chi connectivity index (χ0v) is 21.2. The van der Waals surface area contributed by atoms with Gasteiger partial charge in [0.2, 0.25) is 0 Å². The fourth-order valence-electron chi connectivity index (χ4n) is 3.72. The van der Waals surface area contributed by atoms with E-state index in [0.29, 0.717) is 46.0 Å². The molecule has 0 atom stereocenters. The molecule has 14 nitrogen and oxygen atoms in total. The number of hydrogen-bond acceptors (Lipinski definition) is 11. The van der Waals surface area contributed by atoms with E-state index in [1.165, 1.54) is 24.8 Å². The predicted octanol–water partition coefficient (Wildman–Crippen LogP) is 2.07. The summed E-state index contributed by atoms with van der Waals surface area (Å²) in [7, 11) is 4.76. The van der Waals surface area contributed by atoms with Crippen LogP contribution < -0.4 is 26.2 Å². The van der Waals surface area contributed by atoms with Crippen molar-refractivity contribution < 1.29 is 9.53 Å². The van der Waals surface area contributed by atoms with Crippen LogP contribution in [-0.4, -0.2) is 59.6 Å². The van der Waals surface area contributed by atoms with Gasteiger partial charge in [-0.3, -0.25) is 18.8 Å². The Morgan fingerprint density at radius 3 is 2.56 bits per heavy atom. The van der Waals surface area contributed by atoms with Gasteiger partial charge in [-0.25, -0.2) is 15.0 Å². The Bertz CT molecular complexity index is 1700. The molecule has 0 aromatic carbocycles. The molecule has 5 rings (SSSR count). The zero-order chi connectivity index (χ0) is 27.4. The number of ether oxygens (including phenoxy) is 1. The van der Waals surface area contributed by atoms with Crippen molar-refractivity contribution in [2.45, 2.75) is 0 Å². The SMILES string of the molecule is CNC(=O)c1nnc(Nc2ccc(-n3ccccc3=O)cn2)cc1Nc1nccc(-c2ncn(C)n2)c1OC. The third-order valence-corrected chi connectivity index (χ3v) is 5.54. The van der Waals surface area contributed by atoms with Gasteiger partial charge in [-0.1, -0.05) is 6.07 Å². The average molecular weight is 526 g/mol. The summed E-state index contributed by atoms with van der Waals surface area (Å²) in [6.45, 7) is 0. The van der Waals surface area contributed by atoms with Gasteiger partial charge in [-0.05, 0) is 24.3 Å². The standard InChI is InChI=1S/C25H23N11O3/c1-26-25(38)21-17(30-24-22(39-3)16(9-10-27-24)23-29-14-35(2)34-23)12-19(32-33-21)31-18-8-7-15(13-28-18)36-11-5-4-6-20(36)37/h4-14H,1-3H3,(H,26,38)(H2,27,28,30,31,32). The molecule has 5 aromatic rings. The maximum Gasteiger partial charge on any atom is 0.273 e. The summed E-state index contributed by atoms with van der Waals surface area (Å²) in [5, 5.41) is 21.3. The Labute approximate surface area is 221 Å². The molecule has 5 heterocycles. The number of anilines is 4. The Balaban J connectivity index is 1.46. The largest absolute Gasteiger partial charge is 0.492 e. The van der Waals surface area contributed by atoms with Crippen molar-refractivity contribution in [1.82, 2.24) is 44.8 Å². The molecule has 3 N–H and O–H groups in total. The lowest BCUT2D eigenvalue weighted by Crippen LogP contribution is -2.21. The fraction of sp³-hybridized carbons (Fsp3) is 0.120. The van der Waals surface area contributed by atoms with E-state index < -0.39 is 5.91 Å². The van der Waals surface area contributed by atoms with Gasteiger partial charge in [0.25, 0.3) is 11.5 Å². The number of rotatable bonds is 8. The smallest absolute Gasteiger partial charge is 0.273 e. The molecule has 196 valence electrons. The van der Waals surface area contributed by atoms with Gasteiger partial charge in [-0.2, -0.15) is 5.10 Å². The molecular formula is C25H23N11O3. The molecule has 5 aromatic heterocycles. The lowest BCUT2D eigenvalue weighted by atomic mass is 10.2. The van der Waals surface area contributed by atoms with Crippen LogP contribution in [0.5, 0.6) is 5.75 Å². The van der Waals surface area contributed by atoms with E-state index in [0.717, 1.165) is 0 Å². The molecule has 0 fully saturated rings. The van der Waals surface area contributed by atoms with Crippen molar-refractivity contribution in [2.75, 3.05) is 24.8 Å². The van der Waals surface area contributed by atoms with Crippen LogP contribution in [0, 0.1) is 0 Å². The fourth-order valence-corrected chi connectivity index (χ4v) is 3.72. The molecule has 0 aliphatic heterocycles. The first-order chi connectivity index (χ1) is 19.0. The normalized spacial score (nSPS) is 10.6. The number of aryl methyl sites for hydroxylation is 1. The van der Waals surface area contributed by atoms with Gasteiger partial charge in [0.1, 0.15) is 12.1 Å². The van der Waals surface area contributed by atoms with Gasteiger partial charge in [0.15, 0.2) is 28.9 Å². The number of carbonyl (C=O) groups excluding carboxylic acids is 1. The maximum absolute atomic E-state index is 12.6. The summed E-state index contributed by atoms with van der Waals surface area (Å²) in [5.74, 6) is 1.47. The minimum absolute atomic E-state index is 0.0417. The number of hydrogen-bond donors (Lipinski definition) is 3. The molecular weight excluding hydrogens is 502 g/mol. The van der Waals surface area contributed by atoms with Crippen molar-refractivity contribution in [3.63, 3.8) is 0 Å².